The van der Waals surface area contributed by atoms with E-state index in [4.69, 9.17) is 24.5 Å². The standard InChI is InChI=1S/C19H27N6O7P/c1-17(2)6-19(7-18(3,4)25(17)26)31-12-10(5-29-33(27)28)30-16(13(12)32-19)24-9-23-11-14(20)21-8-22-15(11)24/h8-10,12-13,16,26H,5-7H2,1-4H3,(H2,20,21,22)/t10-,12+,13-,16-/m1/s1. The van der Waals surface area contributed by atoms with Gasteiger partial charge in [-0.3, -0.25) is 4.57 Å². The summed E-state index contributed by atoms with van der Waals surface area (Å²) in [6.07, 6.45) is 0.999. The zero-order chi connectivity index (χ0) is 23.8. The van der Waals surface area contributed by atoms with Gasteiger partial charge in [0.1, 0.15) is 36.8 Å². The third-order valence-corrected chi connectivity index (χ3v) is 6.90. The van der Waals surface area contributed by atoms with Gasteiger partial charge in [-0.15, -0.1) is 4.52 Å². The molecule has 0 bridgehead atoms. The zero-order valence-corrected chi connectivity index (χ0v) is 19.6. The van der Waals surface area contributed by atoms with Gasteiger partial charge in [0.15, 0.2) is 23.5 Å². The normalized spacial score (nSPS) is 33.0. The Kier molecular flexibility index (Phi) is 5.27. The van der Waals surface area contributed by atoms with Gasteiger partial charge in [-0.05, 0) is 32.3 Å². The fourth-order valence-electron chi connectivity index (χ4n) is 5.56. The van der Waals surface area contributed by atoms with E-state index in [0.717, 1.165) is 0 Å². The van der Waals surface area contributed by atoms with E-state index in [-0.39, 0.29) is 12.4 Å². The summed E-state index contributed by atoms with van der Waals surface area (Å²) in [5.74, 6) is -0.776. The lowest BCUT2D eigenvalue weighted by Crippen LogP contribution is -2.64. The molecule has 5 atom stereocenters. The molecule has 1 spiro atoms. The summed E-state index contributed by atoms with van der Waals surface area (Å²) >= 11 is 0. The molecule has 13 nitrogen and oxygen atoms in total. The number of rotatable bonds is 4. The minimum absolute atomic E-state index is 0.224. The Labute approximate surface area is 190 Å². The quantitative estimate of drug-likeness (QED) is 0.590. The van der Waals surface area contributed by atoms with E-state index in [1.807, 2.05) is 27.7 Å². The summed E-state index contributed by atoms with van der Waals surface area (Å²) in [7, 11) is -3.06. The van der Waals surface area contributed by atoms with E-state index in [2.05, 4.69) is 15.0 Å². The molecule has 3 aliphatic rings. The lowest BCUT2D eigenvalue weighted by atomic mass is 9.78. The molecule has 33 heavy (non-hydrogen) atoms. The van der Waals surface area contributed by atoms with Crippen LogP contribution in [0.5, 0.6) is 0 Å². The smallest absolute Gasteiger partial charge is 0.488 e. The fraction of sp³-hybridized carbons (Fsp3) is 0.737. The highest BCUT2D eigenvalue weighted by Crippen LogP contribution is 2.53. The van der Waals surface area contributed by atoms with Crippen LogP contribution in [0.3, 0.4) is 0 Å². The van der Waals surface area contributed by atoms with Crippen molar-refractivity contribution in [2.75, 3.05) is 12.3 Å². The van der Waals surface area contributed by atoms with Crippen LogP contribution in [0.2, 0.25) is 0 Å². The lowest BCUT2D eigenvalue weighted by Gasteiger charge is -2.54. The number of hydrogen-bond acceptors (Lipinski definition) is 12. The van der Waals surface area contributed by atoms with E-state index in [1.54, 1.807) is 4.57 Å². The second kappa shape index (κ2) is 7.59. The van der Waals surface area contributed by atoms with Gasteiger partial charge in [0, 0.05) is 23.9 Å². The maximum atomic E-state index is 11.1. The van der Waals surface area contributed by atoms with Crippen LogP contribution in [-0.4, -0.2) is 71.6 Å². The maximum absolute atomic E-state index is 11.1. The Morgan fingerprint density at radius 1 is 1.21 bits per heavy atom. The monoisotopic (exact) mass is 482 g/mol. The third-order valence-electron chi connectivity index (χ3n) is 6.54. The fourth-order valence-corrected chi connectivity index (χ4v) is 5.83. The highest BCUT2D eigenvalue weighted by atomic mass is 31.1. The van der Waals surface area contributed by atoms with Crippen LogP contribution < -0.4 is 10.6 Å². The van der Waals surface area contributed by atoms with Crippen molar-refractivity contribution < 1.29 is 33.4 Å². The predicted octanol–water partition coefficient (Wildman–Crippen LogP) is 0.863. The van der Waals surface area contributed by atoms with Gasteiger partial charge in [0.25, 0.3) is 0 Å². The molecule has 2 aromatic heterocycles. The van der Waals surface area contributed by atoms with Crippen LogP contribution in [0.4, 0.5) is 5.82 Å². The van der Waals surface area contributed by atoms with Crippen molar-refractivity contribution in [3.05, 3.63) is 12.7 Å². The van der Waals surface area contributed by atoms with Crippen molar-refractivity contribution in [2.24, 2.45) is 0 Å². The summed E-state index contributed by atoms with van der Waals surface area (Å²) < 4.78 is 36.8. The van der Waals surface area contributed by atoms with Crippen molar-refractivity contribution >= 4 is 25.2 Å². The van der Waals surface area contributed by atoms with Gasteiger partial charge in [0.05, 0.1) is 6.33 Å². The summed E-state index contributed by atoms with van der Waals surface area (Å²) in [4.78, 5) is 23.6. The second-order valence-corrected chi connectivity index (χ2v) is 10.7. The first-order valence-electron chi connectivity index (χ1n) is 10.6. The molecule has 3 N–H and O–H groups in total. The number of ether oxygens (including phenoxy) is 3. The molecule has 180 valence electrons. The summed E-state index contributed by atoms with van der Waals surface area (Å²) in [5.41, 5.74) is 5.54. The van der Waals surface area contributed by atoms with Crippen molar-refractivity contribution in [1.29, 1.82) is 0 Å². The Balaban J connectivity index is 1.51. The average Bonchev–Trinajstić information content (AvgIpc) is 3.36. The van der Waals surface area contributed by atoms with E-state index < -0.39 is 49.7 Å². The van der Waals surface area contributed by atoms with Gasteiger partial charge in [-0.2, -0.15) is 5.06 Å². The highest BCUT2D eigenvalue weighted by Gasteiger charge is 2.64. The first-order valence-corrected chi connectivity index (χ1v) is 11.7. The largest absolute Gasteiger partial charge is 0.566 e. The van der Waals surface area contributed by atoms with Crippen LogP contribution >= 0.6 is 8.25 Å². The Morgan fingerprint density at radius 2 is 1.88 bits per heavy atom. The van der Waals surface area contributed by atoms with Crippen molar-refractivity contribution in [1.82, 2.24) is 24.6 Å². The maximum Gasteiger partial charge on any atom is 0.488 e. The van der Waals surface area contributed by atoms with E-state index in [1.165, 1.54) is 17.7 Å². The van der Waals surface area contributed by atoms with Crippen LogP contribution in [0.25, 0.3) is 11.2 Å². The van der Waals surface area contributed by atoms with Crippen molar-refractivity contribution in [3.8, 4) is 0 Å². The molecule has 3 fully saturated rings. The number of imidazole rings is 1. The average molecular weight is 482 g/mol. The van der Waals surface area contributed by atoms with Crippen molar-refractivity contribution in [2.45, 2.75) is 81.9 Å². The van der Waals surface area contributed by atoms with E-state index >= 15 is 0 Å². The van der Waals surface area contributed by atoms with Gasteiger partial charge < -0.3 is 30.0 Å². The van der Waals surface area contributed by atoms with E-state index in [0.29, 0.717) is 24.0 Å². The number of aromatic nitrogens is 4. The number of nitrogens with zero attached hydrogens (tertiary/aromatic N) is 5. The number of nitrogen functional groups attached to an aromatic ring is 1. The molecule has 2 aromatic rings. The Hall–Kier alpha value is -1.83. The molecule has 0 radical (unpaired) electrons. The minimum Gasteiger partial charge on any atom is -0.566 e. The molecule has 5 rings (SSSR count). The Morgan fingerprint density at radius 3 is 2.55 bits per heavy atom. The molecule has 3 saturated heterocycles. The molecule has 0 aromatic carbocycles. The van der Waals surface area contributed by atoms with Gasteiger partial charge in [-0.1, -0.05) is 0 Å². The number of fused-ring (bicyclic) bond motifs is 2. The van der Waals surface area contributed by atoms with E-state index in [9.17, 15) is 14.7 Å². The van der Waals surface area contributed by atoms with Crippen LogP contribution in [0.1, 0.15) is 46.8 Å². The molecule has 1 unspecified atom stereocenters. The van der Waals surface area contributed by atoms with Gasteiger partial charge in [0.2, 0.25) is 0 Å². The number of piperidine rings is 1. The lowest BCUT2D eigenvalue weighted by molar-refractivity contribution is -0.328. The minimum atomic E-state index is -3.06. The Bertz CT molecular complexity index is 1080. The first kappa shape index (κ1) is 22.9. The van der Waals surface area contributed by atoms with Crippen LogP contribution in [0, 0.1) is 0 Å². The molecule has 0 amide bonds. The SMILES string of the molecule is CC1(C)CC2(CC(C)(C)N1O)O[C@@H]1[C@@H](O2)[C@@H](CO[P+](=O)[O-])O[C@H]1n1cnc2c(N)ncnc21. The number of anilines is 1. The number of hydrogen-bond donors (Lipinski definition) is 2. The molecule has 3 aliphatic heterocycles. The first-order chi connectivity index (χ1) is 15.4. The third kappa shape index (κ3) is 3.72. The predicted molar refractivity (Wildman–Crippen MR) is 111 cm³/mol. The zero-order valence-electron chi connectivity index (χ0n) is 18.7. The summed E-state index contributed by atoms with van der Waals surface area (Å²) in [5, 5.41) is 12.1. The summed E-state index contributed by atoms with van der Waals surface area (Å²) in [6, 6.07) is 0. The summed E-state index contributed by atoms with van der Waals surface area (Å²) in [6.45, 7) is 7.43. The number of hydroxylamine groups is 2. The van der Waals surface area contributed by atoms with Gasteiger partial charge >= 0.3 is 8.25 Å². The molecular formula is C19H27N6O7P. The van der Waals surface area contributed by atoms with Crippen LogP contribution in [-0.2, 0) is 23.3 Å². The molecule has 14 heteroatoms. The highest BCUT2D eigenvalue weighted by molar-refractivity contribution is 7.30. The second-order valence-electron chi connectivity index (χ2n) is 10.0. The van der Waals surface area contributed by atoms with Crippen molar-refractivity contribution in [3.63, 3.8) is 0 Å². The molecule has 5 heterocycles. The van der Waals surface area contributed by atoms with Crippen LogP contribution in [0.15, 0.2) is 12.7 Å². The molecule has 0 saturated carbocycles. The van der Waals surface area contributed by atoms with Gasteiger partial charge in [-0.25, -0.2) is 15.0 Å². The molecule has 0 aliphatic carbocycles. The molecular weight excluding hydrogens is 455 g/mol. The number of nitrogens with two attached hydrogens (primary N) is 1. The topological polar surface area (TPSA) is 170 Å².